The average molecular weight is 680 g/mol. The lowest BCUT2D eigenvalue weighted by Crippen LogP contribution is -2.23. The van der Waals surface area contributed by atoms with E-state index in [9.17, 15) is 18.0 Å². The van der Waals surface area contributed by atoms with Crippen LogP contribution in [-0.4, -0.2) is 30.4 Å². The van der Waals surface area contributed by atoms with Crippen LogP contribution in [0.2, 0.25) is 0 Å². The van der Waals surface area contributed by atoms with Crippen molar-refractivity contribution < 1.29 is 22.6 Å². The van der Waals surface area contributed by atoms with E-state index >= 15 is 0 Å². The van der Waals surface area contributed by atoms with Crippen molar-refractivity contribution in [1.29, 1.82) is 0 Å². The number of benzene rings is 4. The molecule has 6 nitrogen and oxygen atoms in total. The fourth-order valence-electron chi connectivity index (χ4n) is 5.63. The third-order valence-corrected chi connectivity index (χ3v) is 9.29. The Hall–Kier alpha value is -4.33. The van der Waals surface area contributed by atoms with Gasteiger partial charge in [0.15, 0.2) is 5.78 Å². The maximum Gasteiger partial charge on any atom is 0.264 e. The summed E-state index contributed by atoms with van der Waals surface area (Å²) in [4.78, 5) is 26.6. The number of Topliss-reactive ketones (excluding diaryl/α,β-unsaturated/α-hetero) is 1. The molecule has 1 amide bonds. The van der Waals surface area contributed by atoms with E-state index < -0.39 is 21.8 Å². The first-order valence-electron chi connectivity index (χ1n) is 16.8. The van der Waals surface area contributed by atoms with Crippen LogP contribution in [-0.2, 0) is 26.7 Å². The summed E-state index contributed by atoms with van der Waals surface area (Å²) < 4.78 is 31.0. The van der Waals surface area contributed by atoms with Crippen LogP contribution in [0.5, 0.6) is 0 Å². The summed E-state index contributed by atoms with van der Waals surface area (Å²) in [7, 11) is -4.11. The van der Waals surface area contributed by atoms with E-state index in [1.165, 1.54) is 11.1 Å². The molecule has 4 aromatic rings. The van der Waals surface area contributed by atoms with Gasteiger partial charge >= 0.3 is 0 Å². The minimum atomic E-state index is -4.11. The molecule has 1 unspecified atom stereocenters. The normalized spacial score (nSPS) is 13.0. The van der Waals surface area contributed by atoms with Gasteiger partial charge in [0.25, 0.3) is 10.1 Å². The minimum Gasteiger partial charge on any atom is -0.326 e. The van der Waals surface area contributed by atoms with Gasteiger partial charge in [-0.2, -0.15) is 8.42 Å². The highest BCUT2D eigenvalue weighted by atomic mass is 32.2. The van der Waals surface area contributed by atoms with E-state index in [1.807, 2.05) is 60.7 Å². The van der Waals surface area contributed by atoms with Crippen molar-refractivity contribution in [2.45, 2.75) is 79.1 Å². The molecule has 0 saturated carbocycles. The number of anilines is 1. The molecule has 4 rings (SSSR count). The van der Waals surface area contributed by atoms with Gasteiger partial charge in [-0.1, -0.05) is 133 Å². The molecule has 0 aliphatic heterocycles. The van der Waals surface area contributed by atoms with Crippen molar-refractivity contribution in [3.8, 4) is 11.1 Å². The topological polar surface area (TPSA) is 101 Å². The number of nitrogens with one attached hydrogen (secondary N) is 1. The average Bonchev–Trinajstić information content (AvgIpc) is 3.02. The number of hydrogen-bond donors (Lipinski definition) is 2. The van der Waals surface area contributed by atoms with Gasteiger partial charge in [-0.3, -0.25) is 14.1 Å². The monoisotopic (exact) mass is 679 g/mol. The minimum absolute atomic E-state index is 0.0116. The molecule has 7 heteroatoms. The van der Waals surface area contributed by atoms with Crippen molar-refractivity contribution in [2.75, 3.05) is 11.1 Å². The summed E-state index contributed by atoms with van der Waals surface area (Å²) in [6.07, 6.45) is 4.70. The molecule has 0 aliphatic rings. The van der Waals surface area contributed by atoms with Gasteiger partial charge in [0, 0.05) is 17.7 Å². The summed E-state index contributed by atoms with van der Waals surface area (Å²) in [5, 5.41) is 3.14. The molecule has 0 bridgehead atoms. The third-order valence-electron chi connectivity index (χ3n) is 8.48. The Morgan fingerprint density at radius 1 is 0.857 bits per heavy atom. The van der Waals surface area contributed by atoms with E-state index in [1.54, 1.807) is 12.1 Å². The van der Waals surface area contributed by atoms with E-state index in [2.05, 4.69) is 84.1 Å². The molecule has 258 valence electrons. The maximum atomic E-state index is 14.0. The molecule has 4 aromatic carbocycles. The van der Waals surface area contributed by atoms with Gasteiger partial charge in [0.2, 0.25) is 5.91 Å². The highest BCUT2D eigenvalue weighted by molar-refractivity contribution is 7.85. The first kappa shape index (κ1) is 37.5. The molecular weight excluding hydrogens is 631 g/mol. The van der Waals surface area contributed by atoms with Crippen LogP contribution < -0.4 is 5.32 Å². The van der Waals surface area contributed by atoms with Gasteiger partial charge in [-0.15, -0.1) is 0 Å². The zero-order chi connectivity index (χ0) is 36.0. The lowest BCUT2D eigenvalue weighted by atomic mass is 9.84. The Balaban J connectivity index is 1.57. The van der Waals surface area contributed by atoms with Crippen LogP contribution in [0.4, 0.5) is 5.69 Å². The van der Waals surface area contributed by atoms with Gasteiger partial charge in [-0.05, 0) is 81.7 Å². The van der Waals surface area contributed by atoms with E-state index in [4.69, 9.17) is 4.55 Å². The number of ketones is 1. The second kappa shape index (κ2) is 15.5. The largest absolute Gasteiger partial charge is 0.326 e. The Morgan fingerprint density at radius 3 is 2.12 bits per heavy atom. The smallest absolute Gasteiger partial charge is 0.264 e. The zero-order valence-corrected chi connectivity index (χ0v) is 30.5. The highest BCUT2D eigenvalue weighted by Crippen LogP contribution is 2.31. The number of carbonyl (C=O) groups excluding carboxylic acids is 2. The van der Waals surface area contributed by atoms with E-state index in [0.29, 0.717) is 17.7 Å². The molecule has 49 heavy (non-hydrogen) atoms. The van der Waals surface area contributed by atoms with E-state index in [-0.39, 0.29) is 35.4 Å². The lowest BCUT2D eigenvalue weighted by molar-refractivity contribution is -0.117. The lowest BCUT2D eigenvalue weighted by Gasteiger charge is -2.21. The highest BCUT2D eigenvalue weighted by Gasteiger charge is 2.23. The second-order valence-electron chi connectivity index (χ2n) is 15.0. The summed E-state index contributed by atoms with van der Waals surface area (Å²) in [5.41, 5.74) is 8.75. The van der Waals surface area contributed by atoms with Crippen LogP contribution in [0.3, 0.4) is 0 Å². The van der Waals surface area contributed by atoms with Crippen molar-refractivity contribution in [2.24, 2.45) is 5.41 Å². The fraction of sp³-hybridized carbons (Fsp3) is 0.333. The number of allylic oxidation sites excluding steroid dienone is 1. The molecule has 0 heterocycles. The molecule has 0 radical (unpaired) electrons. The van der Waals surface area contributed by atoms with Crippen molar-refractivity contribution in [3.05, 3.63) is 130 Å². The summed E-state index contributed by atoms with van der Waals surface area (Å²) in [5.74, 6) is -1.30. The molecular formula is C42H49NO5S. The molecule has 0 aromatic heterocycles. The quantitative estimate of drug-likeness (QED) is 0.115. The predicted molar refractivity (Wildman–Crippen MR) is 202 cm³/mol. The molecule has 0 spiro atoms. The van der Waals surface area contributed by atoms with Crippen LogP contribution >= 0.6 is 0 Å². The van der Waals surface area contributed by atoms with Crippen LogP contribution in [0, 0.1) is 12.3 Å². The van der Waals surface area contributed by atoms with Crippen molar-refractivity contribution in [3.63, 3.8) is 0 Å². The standard InChI is InChI=1S/C42H49NO5S/c1-29-26-35(42(5,6)7)19-22-37(29)32-17-20-36(21-18-32)43-40(45)38(34-11-8-10-30(27-34)23-24-41(2,3)4)28-31-13-15-33(16-14-31)39(44)12-9-25-49(46,47)48/h8,10-11,13-24,26-27,38H,9,12,25,28H2,1-7H3,(H,43,45)(H,46,47,48)/b24-23+. The maximum absolute atomic E-state index is 14.0. The summed E-state index contributed by atoms with van der Waals surface area (Å²) in [6, 6.07) is 29.6. The van der Waals surface area contributed by atoms with Gasteiger partial charge in [0.05, 0.1) is 11.7 Å². The van der Waals surface area contributed by atoms with Crippen molar-refractivity contribution in [1.82, 2.24) is 0 Å². The van der Waals surface area contributed by atoms with Crippen molar-refractivity contribution >= 4 is 33.6 Å². The molecule has 1 atom stereocenters. The summed E-state index contributed by atoms with van der Waals surface area (Å²) in [6.45, 7) is 15.2. The number of hydrogen-bond acceptors (Lipinski definition) is 4. The van der Waals surface area contributed by atoms with Gasteiger partial charge < -0.3 is 5.32 Å². The van der Waals surface area contributed by atoms with Gasteiger partial charge in [0.1, 0.15) is 0 Å². The number of carbonyl (C=O) groups is 2. The van der Waals surface area contributed by atoms with Crippen LogP contribution in [0.15, 0.2) is 97.1 Å². The fourth-order valence-corrected chi connectivity index (χ4v) is 6.14. The van der Waals surface area contributed by atoms with E-state index in [0.717, 1.165) is 27.8 Å². The number of rotatable bonds is 12. The van der Waals surface area contributed by atoms with Gasteiger partial charge in [-0.25, -0.2) is 0 Å². The molecule has 0 fully saturated rings. The molecule has 2 N–H and O–H groups in total. The van der Waals surface area contributed by atoms with Crippen LogP contribution in [0.1, 0.15) is 98.5 Å². The first-order chi connectivity index (χ1) is 22.9. The molecule has 0 saturated heterocycles. The SMILES string of the molecule is Cc1cc(C(C)(C)C)ccc1-c1ccc(NC(=O)C(Cc2ccc(C(=O)CCCS(=O)(=O)O)cc2)c2cccc(/C=C/C(C)(C)C)c2)cc1. The molecule has 0 aliphatic carbocycles. The summed E-state index contributed by atoms with van der Waals surface area (Å²) >= 11 is 0. The first-order valence-corrected chi connectivity index (χ1v) is 18.4. The predicted octanol–water partition coefficient (Wildman–Crippen LogP) is 9.83. The Morgan fingerprint density at radius 2 is 1.53 bits per heavy atom. The Labute approximate surface area is 292 Å². The van der Waals surface area contributed by atoms with Crippen LogP contribution in [0.25, 0.3) is 17.2 Å². The third kappa shape index (κ3) is 11.4. The number of aryl methyl sites for hydroxylation is 1. The zero-order valence-electron chi connectivity index (χ0n) is 29.7. The Kier molecular flexibility index (Phi) is 11.8. The second-order valence-corrected chi connectivity index (χ2v) is 16.6. The number of amides is 1. The Bertz CT molecular complexity index is 1910.